The van der Waals surface area contributed by atoms with Crippen LogP contribution in [-0.4, -0.2) is 43.7 Å². The molecule has 3 rings (SSSR count). The van der Waals surface area contributed by atoms with Crippen LogP contribution in [0, 0.1) is 17.0 Å². The molecular weight excluding hydrogens is 424 g/mol. The van der Waals surface area contributed by atoms with E-state index in [4.69, 9.17) is 4.42 Å². The largest absolute Gasteiger partial charge is 0.467 e. The number of nitro benzene ring substituents is 1. The normalized spacial score (nSPS) is 10.9. The van der Waals surface area contributed by atoms with E-state index in [9.17, 15) is 19.7 Å². The number of nitro groups is 1. The second-order valence-electron chi connectivity index (χ2n) is 8.22. The van der Waals surface area contributed by atoms with Crippen LogP contribution < -0.4 is 0 Å². The molecule has 174 valence electrons. The molecule has 1 aromatic carbocycles. The standard InChI is InChI=1S/C24H28N4O5/c1-17(2)27(24(30)19-10-9-18(3)22(13-19)28(31)32)16-23(29)26(15-21-8-6-12-33-21)14-20-7-5-11-25(20)4/h5-13,17H,14-16H2,1-4H3. The van der Waals surface area contributed by atoms with Gasteiger partial charge in [-0.05, 0) is 51.1 Å². The molecule has 0 saturated heterocycles. The summed E-state index contributed by atoms with van der Waals surface area (Å²) in [7, 11) is 1.90. The fraction of sp³-hybridized carbons (Fsp3) is 0.333. The predicted molar refractivity (Wildman–Crippen MR) is 122 cm³/mol. The maximum absolute atomic E-state index is 13.4. The molecule has 2 aromatic heterocycles. The van der Waals surface area contributed by atoms with E-state index in [1.807, 2.05) is 43.8 Å². The lowest BCUT2D eigenvalue weighted by molar-refractivity contribution is -0.385. The lowest BCUT2D eigenvalue weighted by atomic mass is 10.1. The summed E-state index contributed by atoms with van der Waals surface area (Å²) in [6, 6.07) is 11.5. The number of carbonyl (C=O) groups is 2. The maximum Gasteiger partial charge on any atom is 0.273 e. The molecule has 0 aliphatic rings. The van der Waals surface area contributed by atoms with E-state index in [0.29, 0.717) is 17.9 Å². The summed E-state index contributed by atoms with van der Waals surface area (Å²) in [5, 5.41) is 11.3. The monoisotopic (exact) mass is 452 g/mol. The van der Waals surface area contributed by atoms with Gasteiger partial charge in [-0.3, -0.25) is 19.7 Å². The molecular formula is C24H28N4O5. The minimum atomic E-state index is -0.512. The van der Waals surface area contributed by atoms with Gasteiger partial charge in [0.2, 0.25) is 5.91 Å². The van der Waals surface area contributed by atoms with Gasteiger partial charge in [0.05, 0.1) is 24.3 Å². The van der Waals surface area contributed by atoms with Crippen molar-refractivity contribution in [3.63, 3.8) is 0 Å². The number of aromatic nitrogens is 1. The van der Waals surface area contributed by atoms with Crippen molar-refractivity contribution in [1.82, 2.24) is 14.4 Å². The number of hydrogen-bond donors (Lipinski definition) is 0. The zero-order valence-corrected chi connectivity index (χ0v) is 19.2. The van der Waals surface area contributed by atoms with Crippen molar-refractivity contribution in [3.05, 3.63) is 87.6 Å². The molecule has 0 atom stereocenters. The zero-order chi connectivity index (χ0) is 24.1. The Morgan fingerprint density at radius 1 is 1.15 bits per heavy atom. The van der Waals surface area contributed by atoms with Gasteiger partial charge in [-0.1, -0.05) is 6.07 Å². The predicted octanol–water partition coefficient (Wildman–Crippen LogP) is 3.91. The first-order valence-corrected chi connectivity index (χ1v) is 10.6. The van der Waals surface area contributed by atoms with Crippen LogP contribution in [0.1, 0.15) is 41.2 Å². The first-order valence-electron chi connectivity index (χ1n) is 10.6. The summed E-state index contributed by atoms with van der Waals surface area (Å²) in [6.07, 6.45) is 3.45. The highest BCUT2D eigenvalue weighted by molar-refractivity contribution is 5.97. The molecule has 3 aromatic rings. The molecule has 0 bridgehead atoms. The molecule has 9 nitrogen and oxygen atoms in total. The Balaban J connectivity index is 1.84. The van der Waals surface area contributed by atoms with E-state index in [-0.39, 0.29) is 36.3 Å². The van der Waals surface area contributed by atoms with E-state index < -0.39 is 10.8 Å². The van der Waals surface area contributed by atoms with Crippen LogP contribution in [-0.2, 0) is 24.9 Å². The Kier molecular flexibility index (Phi) is 7.32. The first-order chi connectivity index (χ1) is 15.7. The molecule has 0 N–H and O–H groups in total. The summed E-state index contributed by atoms with van der Waals surface area (Å²) < 4.78 is 7.36. The maximum atomic E-state index is 13.4. The Bertz CT molecular complexity index is 1130. The Labute approximate surface area is 192 Å². The number of rotatable bonds is 9. The third-order valence-electron chi connectivity index (χ3n) is 5.53. The van der Waals surface area contributed by atoms with Crippen LogP contribution in [0.2, 0.25) is 0 Å². The van der Waals surface area contributed by atoms with Crippen LogP contribution >= 0.6 is 0 Å². The fourth-order valence-electron chi connectivity index (χ4n) is 3.52. The lowest BCUT2D eigenvalue weighted by Crippen LogP contribution is -2.45. The summed E-state index contributed by atoms with van der Waals surface area (Å²) in [5.41, 5.74) is 1.45. The number of hydrogen-bond acceptors (Lipinski definition) is 5. The van der Waals surface area contributed by atoms with Crippen molar-refractivity contribution in [2.24, 2.45) is 7.05 Å². The Hall–Kier alpha value is -3.88. The molecule has 0 spiro atoms. The Morgan fingerprint density at radius 2 is 1.91 bits per heavy atom. The van der Waals surface area contributed by atoms with Gasteiger partial charge in [-0.25, -0.2) is 0 Å². The van der Waals surface area contributed by atoms with Crippen LogP contribution in [0.5, 0.6) is 0 Å². The second-order valence-corrected chi connectivity index (χ2v) is 8.22. The van der Waals surface area contributed by atoms with Gasteiger partial charge in [0.1, 0.15) is 12.3 Å². The molecule has 0 aliphatic carbocycles. The zero-order valence-electron chi connectivity index (χ0n) is 19.2. The Morgan fingerprint density at radius 3 is 2.48 bits per heavy atom. The van der Waals surface area contributed by atoms with E-state index in [1.54, 1.807) is 42.4 Å². The molecule has 0 fully saturated rings. The van der Waals surface area contributed by atoms with Crippen LogP contribution in [0.25, 0.3) is 0 Å². The quantitative estimate of drug-likeness (QED) is 0.362. The van der Waals surface area contributed by atoms with E-state index >= 15 is 0 Å². The number of nitrogens with zero attached hydrogens (tertiary/aromatic N) is 4. The van der Waals surface area contributed by atoms with E-state index in [0.717, 1.165) is 5.69 Å². The topological polar surface area (TPSA) is 102 Å². The molecule has 0 saturated carbocycles. The highest BCUT2D eigenvalue weighted by Crippen LogP contribution is 2.21. The molecule has 9 heteroatoms. The molecule has 2 amide bonds. The van der Waals surface area contributed by atoms with Crippen molar-refractivity contribution in [1.29, 1.82) is 0 Å². The van der Waals surface area contributed by atoms with Gasteiger partial charge in [0.25, 0.3) is 11.6 Å². The van der Waals surface area contributed by atoms with Crippen molar-refractivity contribution in [2.45, 2.75) is 39.9 Å². The van der Waals surface area contributed by atoms with E-state index in [1.165, 1.54) is 11.0 Å². The average molecular weight is 453 g/mol. The van der Waals surface area contributed by atoms with Crippen LogP contribution in [0.4, 0.5) is 5.69 Å². The number of benzene rings is 1. The van der Waals surface area contributed by atoms with E-state index in [2.05, 4.69) is 0 Å². The van der Waals surface area contributed by atoms with Gasteiger partial charge < -0.3 is 18.8 Å². The fourth-order valence-corrected chi connectivity index (χ4v) is 3.52. The van der Waals surface area contributed by atoms with Crippen LogP contribution in [0.3, 0.4) is 0 Å². The highest BCUT2D eigenvalue weighted by Gasteiger charge is 2.27. The van der Waals surface area contributed by atoms with Gasteiger partial charge in [0.15, 0.2) is 0 Å². The van der Waals surface area contributed by atoms with Gasteiger partial charge >= 0.3 is 0 Å². The molecule has 0 aliphatic heterocycles. The molecule has 0 radical (unpaired) electrons. The summed E-state index contributed by atoms with van der Waals surface area (Å²) in [4.78, 5) is 40.4. The smallest absolute Gasteiger partial charge is 0.273 e. The van der Waals surface area contributed by atoms with Gasteiger partial charge in [-0.15, -0.1) is 0 Å². The second kappa shape index (κ2) is 10.2. The molecule has 2 heterocycles. The van der Waals surface area contributed by atoms with Crippen molar-refractivity contribution < 1.29 is 18.9 Å². The third kappa shape index (κ3) is 5.68. The summed E-state index contributed by atoms with van der Waals surface area (Å²) >= 11 is 0. The number of carbonyl (C=O) groups excluding carboxylic acids is 2. The average Bonchev–Trinajstić information content (AvgIpc) is 3.42. The molecule has 0 unspecified atom stereocenters. The van der Waals surface area contributed by atoms with Gasteiger partial charge in [0, 0.05) is 42.2 Å². The highest BCUT2D eigenvalue weighted by atomic mass is 16.6. The summed E-state index contributed by atoms with van der Waals surface area (Å²) in [6.45, 7) is 5.67. The number of aryl methyl sites for hydroxylation is 2. The van der Waals surface area contributed by atoms with Gasteiger partial charge in [-0.2, -0.15) is 0 Å². The minimum Gasteiger partial charge on any atom is -0.467 e. The minimum absolute atomic E-state index is 0.126. The van der Waals surface area contributed by atoms with Crippen molar-refractivity contribution in [3.8, 4) is 0 Å². The number of furan rings is 1. The van der Waals surface area contributed by atoms with Crippen molar-refractivity contribution in [2.75, 3.05) is 6.54 Å². The summed E-state index contributed by atoms with van der Waals surface area (Å²) in [5.74, 6) is -0.0522. The first kappa shape index (κ1) is 23.8. The third-order valence-corrected chi connectivity index (χ3v) is 5.53. The van der Waals surface area contributed by atoms with Crippen LogP contribution in [0.15, 0.2) is 59.3 Å². The SMILES string of the molecule is Cc1ccc(C(=O)N(CC(=O)N(Cc2ccco2)Cc2cccn2C)C(C)C)cc1[N+](=O)[O-]. The lowest BCUT2D eigenvalue weighted by Gasteiger charge is -2.30. The van der Waals surface area contributed by atoms with Crippen molar-refractivity contribution >= 4 is 17.5 Å². The molecule has 33 heavy (non-hydrogen) atoms. The number of amides is 2.